The number of hydrogen-bond donors (Lipinski definition) is 1. The predicted octanol–water partition coefficient (Wildman–Crippen LogP) is 0.465. The van der Waals surface area contributed by atoms with E-state index in [-0.39, 0.29) is 15.1 Å². The van der Waals surface area contributed by atoms with Gasteiger partial charge in [-0.15, -0.1) is 0 Å². The molecule has 0 aromatic rings. The third-order valence-electron chi connectivity index (χ3n) is 0.0645. The second kappa shape index (κ2) is 15.8. The van der Waals surface area contributed by atoms with Gasteiger partial charge in [0.2, 0.25) is 0 Å². The van der Waals surface area contributed by atoms with Gasteiger partial charge < -0.3 is 9.90 Å². The average Bonchev–Trinajstić information content (AvgIpc) is 1.69. The number of rotatable bonds is 1. The molecule has 0 spiro atoms. The molecule has 0 aromatic carbocycles. The molecule has 0 aliphatic rings. The van der Waals surface area contributed by atoms with E-state index in [1.165, 1.54) is 6.29 Å². The summed E-state index contributed by atoms with van der Waals surface area (Å²) >= 11 is -0.346. The van der Waals surface area contributed by atoms with Crippen molar-refractivity contribution < 1.29 is 25.0 Å². The van der Waals surface area contributed by atoms with Gasteiger partial charge in [-0.1, -0.05) is 6.61 Å². The molecular weight excluding hydrogens is 228 g/mol. The van der Waals surface area contributed by atoms with E-state index >= 15 is 0 Å². The van der Waals surface area contributed by atoms with E-state index in [4.69, 9.17) is 29.3 Å². The fraction of sp³-hybridized carbons (Fsp3) is 0.500. The van der Waals surface area contributed by atoms with Crippen molar-refractivity contribution in [2.24, 2.45) is 0 Å². The van der Waals surface area contributed by atoms with Gasteiger partial charge in [-0.3, -0.25) is 0 Å². The first kappa shape index (κ1) is 10.7. The molecule has 0 unspecified atom stereocenters. The molecule has 0 radical (unpaired) electrons. The van der Waals surface area contributed by atoms with Crippen molar-refractivity contribution in [1.82, 2.24) is 0 Å². The zero-order valence-electron chi connectivity index (χ0n) is 3.17. The Labute approximate surface area is 57.5 Å². The Morgan fingerprint density at radius 3 is 1.86 bits per heavy atom. The first-order chi connectivity index (χ1) is 3.33. The minimum atomic E-state index is -0.486. The summed E-state index contributed by atoms with van der Waals surface area (Å²) in [6.45, 7) is -0.486. The van der Waals surface area contributed by atoms with E-state index in [1.54, 1.807) is 0 Å². The first-order valence-electron chi connectivity index (χ1n) is 1.14. The van der Waals surface area contributed by atoms with Crippen LogP contribution >= 0.6 is 19.4 Å². The Morgan fingerprint density at radius 2 is 1.86 bits per heavy atom. The summed E-state index contributed by atoms with van der Waals surface area (Å²) in [6, 6.07) is 0. The van der Waals surface area contributed by atoms with Gasteiger partial charge in [0, 0.05) is 0 Å². The van der Waals surface area contributed by atoms with E-state index < -0.39 is 6.61 Å². The molecule has 0 saturated heterocycles. The van der Waals surface area contributed by atoms with Crippen LogP contribution < -0.4 is 0 Å². The Kier molecular flexibility index (Phi) is 24.3. The Hall–Kier alpha value is 0.833. The van der Waals surface area contributed by atoms with Crippen molar-refractivity contribution in [3.63, 3.8) is 0 Å². The summed E-state index contributed by atoms with van der Waals surface area (Å²) in [7, 11) is 9.71. The number of aliphatic hydroxyl groups is 1. The van der Waals surface area contributed by atoms with Gasteiger partial charge in [-0.25, -0.2) is 6.29 Å². The van der Waals surface area contributed by atoms with Crippen LogP contribution in [0, 0.1) is 0 Å². The average molecular weight is 231 g/mol. The van der Waals surface area contributed by atoms with Crippen LogP contribution in [0.3, 0.4) is 0 Å². The van der Waals surface area contributed by atoms with Crippen LogP contribution in [-0.4, -0.2) is 18.0 Å². The van der Waals surface area contributed by atoms with E-state index in [2.05, 4.69) is 0 Å². The van der Waals surface area contributed by atoms with Crippen molar-refractivity contribution in [2.45, 2.75) is 0 Å². The molecule has 46 valence electrons. The van der Waals surface area contributed by atoms with Crippen LogP contribution in [0.5, 0.6) is 0 Å². The van der Waals surface area contributed by atoms with Crippen LogP contribution in [0.2, 0.25) is 0 Å². The number of carbonyl (C=O) groups excluding carboxylic acids is 1. The van der Waals surface area contributed by atoms with E-state index in [1.807, 2.05) is 0 Å². The van der Waals surface area contributed by atoms with Crippen LogP contribution in [0.4, 0.5) is 0 Å². The molecule has 0 amide bonds. The minimum absolute atomic E-state index is 0.346. The number of hydrogen-bond acceptors (Lipinski definition) is 2. The fourth-order valence-corrected chi connectivity index (χ4v) is 0. The van der Waals surface area contributed by atoms with Crippen molar-refractivity contribution in [2.75, 3.05) is 6.61 Å². The summed E-state index contributed by atoms with van der Waals surface area (Å²) in [5, 5.41) is 7.45. The summed E-state index contributed by atoms with van der Waals surface area (Å²) in [5.41, 5.74) is 0. The Bertz CT molecular complexity index is 34.9. The molecule has 0 fully saturated rings. The SMILES string of the molecule is O=[C-]CO.[Cl][Ru][Cl]. The van der Waals surface area contributed by atoms with Crippen molar-refractivity contribution in [1.29, 1.82) is 0 Å². The molecule has 2 nitrogen and oxygen atoms in total. The van der Waals surface area contributed by atoms with E-state index in [9.17, 15) is 0 Å². The molecule has 1 N–H and O–H groups in total. The van der Waals surface area contributed by atoms with Gasteiger partial charge >= 0.3 is 34.5 Å². The summed E-state index contributed by atoms with van der Waals surface area (Å²) in [5.74, 6) is 0. The van der Waals surface area contributed by atoms with Gasteiger partial charge in [0.15, 0.2) is 0 Å². The van der Waals surface area contributed by atoms with Crippen molar-refractivity contribution in [3.05, 3.63) is 0 Å². The van der Waals surface area contributed by atoms with Crippen molar-refractivity contribution in [3.8, 4) is 0 Å². The zero-order chi connectivity index (χ0) is 6.12. The van der Waals surface area contributed by atoms with Gasteiger partial charge in [-0.05, 0) is 0 Å². The zero-order valence-corrected chi connectivity index (χ0v) is 6.42. The molecule has 0 aliphatic carbocycles. The second-order valence-corrected chi connectivity index (χ2v) is 2.99. The quantitative estimate of drug-likeness (QED) is 0.526. The first-order valence-corrected chi connectivity index (χ1v) is 5.62. The number of aliphatic hydroxyl groups excluding tert-OH is 1. The Morgan fingerprint density at radius 1 is 1.71 bits per heavy atom. The molecular formula is C2H3Cl2O2Ru-. The molecule has 0 rings (SSSR count). The predicted molar refractivity (Wildman–Crippen MR) is 24.5 cm³/mol. The Balaban J connectivity index is 0. The molecule has 7 heavy (non-hydrogen) atoms. The summed E-state index contributed by atoms with van der Waals surface area (Å²) in [6.07, 6.45) is 1.24. The van der Waals surface area contributed by atoms with Crippen LogP contribution in [-0.2, 0) is 19.9 Å². The molecule has 0 bridgehead atoms. The van der Waals surface area contributed by atoms with Crippen LogP contribution in [0.15, 0.2) is 0 Å². The molecule has 5 heteroatoms. The third-order valence-corrected chi connectivity index (χ3v) is 0.0645. The fourth-order valence-electron chi connectivity index (χ4n) is 0. The topological polar surface area (TPSA) is 37.3 Å². The normalized spacial score (nSPS) is 6.71. The van der Waals surface area contributed by atoms with Gasteiger partial charge in [0.25, 0.3) is 0 Å². The molecule has 0 atom stereocenters. The molecule has 0 heterocycles. The summed E-state index contributed by atoms with van der Waals surface area (Å²) < 4.78 is 0. The second-order valence-electron chi connectivity index (χ2n) is 0.353. The molecule has 0 saturated carbocycles. The van der Waals surface area contributed by atoms with Crippen LogP contribution in [0.25, 0.3) is 0 Å². The monoisotopic (exact) mass is 231 g/mol. The maximum absolute atomic E-state index is 8.80. The molecule has 0 aliphatic heterocycles. The summed E-state index contributed by atoms with van der Waals surface area (Å²) in [4.78, 5) is 8.80. The maximum atomic E-state index is 8.80. The van der Waals surface area contributed by atoms with E-state index in [0.717, 1.165) is 0 Å². The van der Waals surface area contributed by atoms with E-state index in [0.29, 0.717) is 0 Å². The van der Waals surface area contributed by atoms with Crippen LogP contribution in [0.1, 0.15) is 0 Å². The van der Waals surface area contributed by atoms with Crippen molar-refractivity contribution >= 4 is 25.7 Å². The van der Waals surface area contributed by atoms with Gasteiger partial charge in [0.05, 0.1) is 0 Å². The molecule has 0 aromatic heterocycles. The standard InChI is InChI=1S/C2H3O2.2ClH.Ru/c3-1-2-4;;;/h3H,1H2;2*1H;/q-1;;;+2/p-2. The third kappa shape index (κ3) is 47.5. The van der Waals surface area contributed by atoms with Gasteiger partial charge in [-0.2, -0.15) is 0 Å². The van der Waals surface area contributed by atoms with Gasteiger partial charge in [0.1, 0.15) is 0 Å². The number of halogens is 2.